The smallest absolute Gasteiger partial charge is 0.224 e. The van der Waals surface area contributed by atoms with Gasteiger partial charge in [0.2, 0.25) is 5.91 Å². The summed E-state index contributed by atoms with van der Waals surface area (Å²) >= 11 is 0. The van der Waals surface area contributed by atoms with Gasteiger partial charge in [0.25, 0.3) is 0 Å². The number of likely N-dealkylation sites (tertiary alicyclic amines) is 1. The molecule has 1 N–H and O–H groups in total. The topological polar surface area (TPSA) is 41.6 Å². The van der Waals surface area contributed by atoms with Crippen LogP contribution in [-0.2, 0) is 9.53 Å². The number of aryl methyl sites for hydroxylation is 1. The van der Waals surface area contributed by atoms with Crippen LogP contribution in [0.1, 0.15) is 36.8 Å². The van der Waals surface area contributed by atoms with Gasteiger partial charge in [-0.1, -0.05) is 24.3 Å². The number of benzene rings is 1. The normalized spacial score (nSPS) is 27.6. The fraction of sp³-hybridized carbons (Fsp3) is 0.611. The van der Waals surface area contributed by atoms with E-state index in [2.05, 4.69) is 48.3 Å². The fourth-order valence-electron chi connectivity index (χ4n) is 3.73. The van der Waals surface area contributed by atoms with Crippen molar-refractivity contribution in [2.75, 3.05) is 26.3 Å². The van der Waals surface area contributed by atoms with Gasteiger partial charge in [0.05, 0.1) is 13.2 Å². The lowest BCUT2D eigenvalue weighted by molar-refractivity contribution is -0.133. The standard InChI is InChI=1S/C18H26N2O2.ClH/c1-13-5-3-4-6-17(13)15-9-14(2)20(11-15)18(21)10-16-12-22-8-7-19-16;/h3-6,14-16,19H,7-12H2,1-2H3;1H. The van der Waals surface area contributed by atoms with Crippen LogP contribution in [0.4, 0.5) is 0 Å². The maximum absolute atomic E-state index is 12.6. The Morgan fingerprint density at radius 3 is 2.87 bits per heavy atom. The molecule has 0 radical (unpaired) electrons. The second-order valence-electron chi connectivity index (χ2n) is 6.61. The number of halogens is 1. The van der Waals surface area contributed by atoms with Crippen molar-refractivity contribution < 1.29 is 9.53 Å². The zero-order chi connectivity index (χ0) is 15.5. The number of ether oxygens (including phenoxy) is 1. The van der Waals surface area contributed by atoms with Crippen molar-refractivity contribution in [3.8, 4) is 0 Å². The molecule has 2 aliphatic heterocycles. The maximum Gasteiger partial charge on any atom is 0.224 e. The molecule has 1 aromatic rings. The summed E-state index contributed by atoms with van der Waals surface area (Å²) in [7, 11) is 0. The minimum atomic E-state index is 0. The molecule has 2 aliphatic rings. The molecule has 3 atom stereocenters. The Morgan fingerprint density at radius 1 is 1.39 bits per heavy atom. The van der Waals surface area contributed by atoms with Crippen LogP contribution in [0, 0.1) is 6.92 Å². The first-order valence-electron chi connectivity index (χ1n) is 8.31. The van der Waals surface area contributed by atoms with E-state index in [0.717, 1.165) is 26.1 Å². The van der Waals surface area contributed by atoms with Crippen molar-refractivity contribution in [1.29, 1.82) is 0 Å². The predicted molar refractivity (Wildman–Crippen MR) is 94.2 cm³/mol. The van der Waals surface area contributed by atoms with Gasteiger partial charge in [0, 0.05) is 37.5 Å². The number of amides is 1. The van der Waals surface area contributed by atoms with Gasteiger partial charge < -0.3 is 15.0 Å². The summed E-state index contributed by atoms with van der Waals surface area (Å²) in [6.45, 7) is 7.42. The van der Waals surface area contributed by atoms with E-state index in [1.165, 1.54) is 11.1 Å². The highest BCUT2D eigenvalue weighted by Gasteiger charge is 2.34. The third-order valence-electron chi connectivity index (χ3n) is 4.94. The van der Waals surface area contributed by atoms with Gasteiger partial charge in [0.1, 0.15) is 0 Å². The fourth-order valence-corrected chi connectivity index (χ4v) is 3.73. The molecule has 0 saturated carbocycles. The molecule has 3 unspecified atom stereocenters. The Hall–Kier alpha value is -1.10. The van der Waals surface area contributed by atoms with Crippen molar-refractivity contribution in [3.63, 3.8) is 0 Å². The average molecular weight is 339 g/mol. The SMILES string of the molecule is Cc1ccccc1C1CC(C)N(C(=O)CC2COCCN2)C1.Cl. The molecular formula is C18H27ClN2O2. The van der Waals surface area contributed by atoms with E-state index in [1.807, 2.05) is 0 Å². The van der Waals surface area contributed by atoms with Gasteiger partial charge in [-0.15, -0.1) is 12.4 Å². The number of rotatable bonds is 3. The number of nitrogens with one attached hydrogen (secondary N) is 1. The molecule has 2 saturated heterocycles. The number of carbonyl (C=O) groups is 1. The van der Waals surface area contributed by atoms with Crippen molar-refractivity contribution in [1.82, 2.24) is 10.2 Å². The zero-order valence-electron chi connectivity index (χ0n) is 14.0. The minimum absolute atomic E-state index is 0. The first-order valence-corrected chi connectivity index (χ1v) is 8.31. The van der Waals surface area contributed by atoms with Crippen molar-refractivity contribution in [2.45, 2.75) is 44.7 Å². The van der Waals surface area contributed by atoms with Crippen LogP contribution >= 0.6 is 12.4 Å². The Morgan fingerprint density at radius 2 is 2.17 bits per heavy atom. The Labute approximate surface area is 145 Å². The Balaban J connectivity index is 0.00000192. The number of hydrogen-bond acceptors (Lipinski definition) is 3. The monoisotopic (exact) mass is 338 g/mol. The molecule has 0 aliphatic carbocycles. The summed E-state index contributed by atoms with van der Waals surface area (Å²) in [5.74, 6) is 0.724. The molecule has 0 spiro atoms. The number of nitrogens with zero attached hydrogens (tertiary/aromatic N) is 1. The van der Waals surface area contributed by atoms with Gasteiger partial charge >= 0.3 is 0 Å². The van der Waals surface area contributed by atoms with E-state index in [-0.39, 0.29) is 24.4 Å². The molecule has 3 rings (SSSR count). The van der Waals surface area contributed by atoms with Crippen LogP contribution in [0.3, 0.4) is 0 Å². The van der Waals surface area contributed by atoms with Gasteiger partial charge in [-0.3, -0.25) is 4.79 Å². The van der Waals surface area contributed by atoms with Crippen molar-refractivity contribution in [3.05, 3.63) is 35.4 Å². The lowest BCUT2D eigenvalue weighted by Gasteiger charge is -2.27. The first kappa shape index (κ1) is 18.2. The highest BCUT2D eigenvalue weighted by Crippen LogP contribution is 2.33. The van der Waals surface area contributed by atoms with Crippen LogP contribution in [0.15, 0.2) is 24.3 Å². The third-order valence-corrected chi connectivity index (χ3v) is 4.94. The van der Waals surface area contributed by atoms with E-state index in [4.69, 9.17) is 4.74 Å². The minimum Gasteiger partial charge on any atom is -0.378 e. The molecule has 23 heavy (non-hydrogen) atoms. The van der Waals surface area contributed by atoms with Crippen LogP contribution < -0.4 is 5.32 Å². The summed E-state index contributed by atoms with van der Waals surface area (Å²) in [6.07, 6.45) is 1.61. The molecule has 1 amide bonds. The van der Waals surface area contributed by atoms with Crippen LogP contribution in [-0.4, -0.2) is 49.2 Å². The predicted octanol–water partition coefficient (Wildman–Crippen LogP) is 2.50. The van der Waals surface area contributed by atoms with Crippen LogP contribution in [0.5, 0.6) is 0 Å². The molecule has 0 bridgehead atoms. The molecule has 2 heterocycles. The lowest BCUT2D eigenvalue weighted by atomic mass is 9.93. The third kappa shape index (κ3) is 4.25. The molecule has 2 fully saturated rings. The second-order valence-corrected chi connectivity index (χ2v) is 6.61. The second kappa shape index (κ2) is 8.13. The van der Waals surface area contributed by atoms with Crippen LogP contribution in [0.25, 0.3) is 0 Å². The van der Waals surface area contributed by atoms with E-state index < -0.39 is 0 Å². The van der Waals surface area contributed by atoms with E-state index in [9.17, 15) is 4.79 Å². The number of hydrogen-bond donors (Lipinski definition) is 1. The summed E-state index contributed by atoms with van der Waals surface area (Å²) < 4.78 is 5.45. The molecule has 5 heteroatoms. The maximum atomic E-state index is 12.6. The molecular weight excluding hydrogens is 312 g/mol. The van der Waals surface area contributed by atoms with Gasteiger partial charge in [-0.25, -0.2) is 0 Å². The van der Waals surface area contributed by atoms with E-state index >= 15 is 0 Å². The van der Waals surface area contributed by atoms with Crippen LogP contribution in [0.2, 0.25) is 0 Å². The summed E-state index contributed by atoms with van der Waals surface area (Å²) in [5, 5.41) is 3.37. The molecule has 1 aromatic carbocycles. The molecule has 128 valence electrons. The van der Waals surface area contributed by atoms with Gasteiger partial charge in [0.15, 0.2) is 0 Å². The summed E-state index contributed by atoms with van der Waals surface area (Å²) in [4.78, 5) is 14.7. The number of morpholine rings is 1. The quantitative estimate of drug-likeness (QED) is 0.920. The highest BCUT2D eigenvalue weighted by atomic mass is 35.5. The van der Waals surface area contributed by atoms with E-state index in [0.29, 0.717) is 25.0 Å². The van der Waals surface area contributed by atoms with Gasteiger partial charge in [-0.05, 0) is 31.4 Å². The first-order chi connectivity index (χ1) is 10.6. The largest absolute Gasteiger partial charge is 0.378 e. The highest BCUT2D eigenvalue weighted by molar-refractivity contribution is 5.85. The molecule has 0 aromatic heterocycles. The van der Waals surface area contributed by atoms with Crippen molar-refractivity contribution in [2.24, 2.45) is 0 Å². The summed E-state index contributed by atoms with van der Waals surface area (Å²) in [5.41, 5.74) is 2.72. The van der Waals surface area contributed by atoms with E-state index in [1.54, 1.807) is 0 Å². The van der Waals surface area contributed by atoms with Crippen molar-refractivity contribution >= 4 is 18.3 Å². The Bertz CT molecular complexity index is 532. The Kier molecular flexibility index (Phi) is 6.45. The van der Waals surface area contributed by atoms with Gasteiger partial charge in [-0.2, -0.15) is 0 Å². The number of carbonyl (C=O) groups excluding carboxylic acids is 1. The average Bonchev–Trinajstić information content (AvgIpc) is 2.90. The zero-order valence-corrected chi connectivity index (χ0v) is 14.8. The molecule has 4 nitrogen and oxygen atoms in total. The summed E-state index contributed by atoms with van der Waals surface area (Å²) in [6, 6.07) is 9.04. The lowest BCUT2D eigenvalue weighted by Crippen LogP contribution is -2.45.